The zero-order valence-corrected chi connectivity index (χ0v) is 20.7. The smallest absolute Gasteiger partial charge is 0.194 e. The number of aromatic nitrogens is 3. The second-order valence-electron chi connectivity index (χ2n) is 6.60. The van der Waals surface area contributed by atoms with Gasteiger partial charge in [-0.25, -0.2) is 4.99 Å². The Morgan fingerprint density at radius 3 is 2.62 bits per heavy atom. The van der Waals surface area contributed by atoms with Crippen LogP contribution >= 0.6 is 46.9 Å². The zero-order valence-electron chi connectivity index (χ0n) is 16.8. The van der Waals surface area contributed by atoms with Crippen LogP contribution in [0.15, 0.2) is 46.8 Å². The highest BCUT2D eigenvalue weighted by molar-refractivity contribution is 14.0. The largest absolute Gasteiger partial charge is 0.356 e. The van der Waals surface area contributed by atoms with Crippen molar-refractivity contribution in [2.24, 2.45) is 12.0 Å². The van der Waals surface area contributed by atoms with Crippen molar-refractivity contribution in [2.45, 2.75) is 26.4 Å². The van der Waals surface area contributed by atoms with Gasteiger partial charge in [-0.3, -0.25) is 0 Å². The third-order valence-corrected chi connectivity index (χ3v) is 5.67. The molecule has 0 unspecified atom stereocenters. The molecule has 3 aromatic rings. The Hall–Kier alpha value is -1.65. The van der Waals surface area contributed by atoms with E-state index in [2.05, 4.69) is 37.9 Å². The Kier molecular flexibility index (Phi) is 9.38. The van der Waals surface area contributed by atoms with E-state index < -0.39 is 0 Å². The van der Waals surface area contributed by atoms with Crippen LogP contribution in [0.4, 0.5) is 0 Å². The first-order valence-electron chi connectivity index (χ1n) is 9.14. The van der Waals surface area contributed by atoms with Gasteiger partial charge in [-0.05, 0) is 42.5 Å². The average molecular weight is 545 g/mol. The predicted molar refractivity (Wildman–Crippen MR) is 131 cm³/mol. The van der Waals surface area contributed by atoms with Crippen LogP contribution in [0.3, 0.4) is 0 Å². The summed E-state index contributed by atoms with van der Waals surface area (Å²) >= 11 is 7.77. The van der Waals surface area contributed by atoms with Crippen molar-refractivity contribution in [3.63, 3.8) is 0 Å². The first-order valence-corrected chi connectivity index (χ1v) is 10.4. The van der Waals surface area contributed by atoms with E-state index in [1.165, 1.54) is 10.4 Å². The van der Waals surface area contributed by atoms with Crippen LogP contribution in [0.5, 0.6) is 0 Å². The topological polar surface area (TPSA) is 58.3 Å². The second-order valence-corrected chi connectivity index (χ2v) is 8.07. The monoisotopic (exact) mass is 544 g/mol. The highest BCUT2D eigenvalue weighted by Gasteiger charge is 2.10. The highest BCUT2D eigenvalue weighted by Crippen LogP contribution is 2.12. The number of benzene rings is 1. The SMILES string of the molecule is Cc1nnc(CN=C(NCCc2cccs2)N(C)Cc2ccc(Cl)cc2)n1C.I. The van der Waals surface area contributed by atoms with Crippen LogP contribution in [-0.2, 0) is 26.6 Å². The number of thiophene rings is 1. The van der Waals surface area contributed by atoms with Crippen molar-refractivity contribution in [1.29, 1.82) is 0 Å². The van der Waals surface area contributed by atoms with Crippen molar-refractivity contribution in [2.75, 3.05) is 13.6 Å². The van der Waals surface area contributed by atoms with Gasteiger partial charge in [0.25, 0.3) is 0 Å². The molecule has 6 nitrogen and oxygen atoms in total. The maximum absolute atomic E-state index is 6.00. The van der Waals surface area contributed by atoms with Gasteiger partial charge < -0.3 is 14.8 Å². The molecule has 0 bridgehead atoms. The fourth-order valence-electron chi connectivity index (χ4n) is 2.74. The Balaban J connectivity index is 0.00000300. The van der Waals surface area contributed by atoms with Crippen LogP contribution in [-0.4, -0.2) is 39.2 Å². The van der Waals surface area contributed by atoms with Gasteiger partial charge in [0.15, 0.2) is 11.8 Å². The number of guanidine groups is 1. The minimum Gasteiger partial charge on any atom is -0.356 e. The molecule has 0 aliphatic rings. The van der Waals surface area contributed by atoms with Crippen LogP contribution in [0.2, 0.25) is 5.02 Å². The predicted octanol–water partition coefficient (Wildman–Crippen LogP) is 4.28. The maximum atomic E-state index is 6.00. The lowest BCUT2D eigenvalue weighted by Crippen LogP contribution is -2.39. The molecular formula is C20H26ClIN6S. The van der Waals surface area contributed by atoms with Crippen LogP contribution in [0.25, 0.3) is 0 Å². The van der Waals surface area contributed by atoms with Crippen molar-refractivity contribution in [3.05, 3.63) is 68.9 Å². The van der Waals surface area contributed by atoms with Gasteiger partial charge in [-0.15, -0.1) is 45.5 Å². The molecule has 0 aliphatic heterocycles. The lowest BCUT2D eigenvalue weighted by molar-refractivity contribution is 0.474. The minimum atomic E-state index is 0. The van der Waals surface area contributed by atoms with Gasteiger partial charge in [-0.1, -0.05) is 29.8 Å². The normalized spacial score (nSPS) is 11.2. The first kappa shape index (κ1) is 23.6. The van der Waals surface area contributed by atoms with Gasteiger partial charge in [0.1, 0.15) is 12.4 Å². The summed E-state index contributed by atoms with van der Waals surface area (Å²) in [7, 11) is 4.00. The number of aliphatic imine (C=N–C) groups is 1. The van der Waals surface area contributed by atoms with E-state index in [-0.39, 0.29) is 24.0 Å². The molecule has 0 fully saturated rings. The molecule has 0 atom stereocenters. The number of hydrogen-bond acceptors (Lipinski definition) is 4. The van der Waals surface area contributed by atoms with Crippen molar-refractivity contribution in [3.8, 4) is 0 Å². The molecule has 0 radical (unpaired) electrons. The van der Waals surface area contributed by atoms with Gasteiger partial charge in [-0.2, -0.15) is 0 Å². The molecule has 3 rings (SSSR count). The van der Waals surface area contributed by atoms with E-state index in [1.54, 1.807) is 11.3 Å². The summed E-state index contributed by atoms with van der Waals surface area (Å²) in [5, 5.41) is 14.6. The van der Waals surface area contributed by atoms with E-state index in [9.17, 15) is 0 Å². The Morgan fingerprint density at radius 2 is 2.00 bits per heavy atom. The van der Waals surface area contributed by atoms with Crippen molar-refractivity contribution >= 4 is 52.9 Å². The quantitative estimate of drug-likeness (QED) is 0.274. The van der Waals surface area contributed by atoms with E-state index in [1.807, 2.05) is 49.9 Å². The number of nitrogens with one attached hydrogen (secondary N) is 1. The van der Waals surface area contributed by atoms with E-state index in [4.69, 9.17) is 16.6 Å². The molecule has 0 amide bonds. The molecule has 0 saturated carbocycles. The van der Waals surface area contributed by atoms with E-state index >= 15 is 0 Å². The van der Waals surface area contributed by atoms with Crippen molar-refractivity contribution < 1.29 is 0 Å². The van der Waals surface area contributed by atoms with Crippen LogP contribution < -0.4 is 5.32 Å². The molecule has 2 aromatic heterocycles. The molecule has 2 heterocycles. The van der Waals surface area contributed by atoms with Gasteiger partial charge in [0.2, 0.25) is 0 Å². The molecule has 156 valence electrons. The van der Waals surface area contributed by atoms with Crippen LogP contribution in [0, 0.1) is 6.92 Å². The molecule has 1 aromatic carbocycles. The van der Waals surface area contributed by atoms with Crippen LogP contribution in [0.1, 0.15) is 22.1 Å². The lowest BCUT2D eigenvalue weighted by atomic mass is 10.2. The molecule has 0 saturated heterocycles. The number of hydrogen-bond donors (Lipinski definition) is 1. The summed E-state index contributed by atoms with van der Waals surface area (Å²) in [6.45, 7) is 3.97. The van der Waals surface area contributed by atoms with Gasteiger partial charge in [0, 0.05) is 37.1 Å². The molecule has 1 N–H and O–H groups in total. The fraction of sp³-hybridized carbons (Fsp3) is 0.350. The molecular weight excluding hydrogens is 519 g/mol. The van der Waals surface area contributed by atoms with E-state index in [0.717, 1.165) is 42.1 Å². The van der Waals surface area contributed by atoms with E-state index in [0.29, 0.717) is 6.54 Å². The average Bonchev–Trinajstić information content (AvgIpc) is 3.31. The number of nitrogens with zero attached hydrogens (tertiary/aromatic N) is 5. The minimum absolute atomic E-state index is 0. The summed E-state index contributed by atoms with van der Waals surface area (Å²) in [6, 6.07) is 12.1. The Bertz CT molecular complexity index is 908. The summed E-state index contributed by atoms with van der Waals surface area (Å²) < 4.78 is 1.96. The Morgan fingerprint density at radius 1 is 1.24 bits per heavy atom. The number of rotatable bonds is 7. The molecule has 9 heteroatoms. The highest BCUT2D eigenvalue weighted by atomic mass is 127. The standard InChI is InChI=1S/C20H25ClN6S.HI/c1-15-24-25-19(27(15)3)13-23-20(22-11-10-18-5-4-12-28-18)26(2)14-16-6-8-17(21)9-7-16;/h4-9,12H,10-11,13-14H2,1-3H3,(H,22,23);1H. The van der Waals surface area contributed by atoms with Gasteiger partial charge >= 0.3 is 0 Å². The summed E-state index contributed by atoms with van der Waals surface area (Å²) in [5.74, 6) is 2.56. The summed E-state index contributed by atoms with van der Waals surface area (Å²) in [6.07, 6.45) is 0.967. The fourth-order valence-corrected chi connectivity index (χ4v) is 3.57. The van der Waals surface area contributed by atoms with Gasteiger partial charge in [0.05, 0.1) is 0 Å². The molecule has 0 aliphatic carbocycles. The summed E-state index contributed by atoms with van der Waals surface area (Å²) in [4.78, 5) is 8.26. The number of halogens is 2. The first-order chi connectivity index (χ1) is 13.5. The zero-order chi connectivity index (χ0) is 19.9. The lowest BCUT2D eigenvalue weighted by Gasteiger charge is -2.22. The third-order valence-electron chi connectivity index (χ3n) is 4.48. The molecule has 29 heavy (non-hydrogen) atoms. The summed E-state index contributed by atoms with van der Waals surface area (Å²) in [5.41, 5.74) is 1.18. The molecule has 0 spiro atoms. The Labute approximate surface area is 198 Å². The maximum Gasteiger partial charge on any atom is 0.194 e. The third kappa shape index (κ3) is 6.97. The second kappa shape index (κ2) is 11.5. The number of aryl methyl sites for hydroxylation is 1. The van der Waals surface area contributed by atoms with Crippen molar-refractivity contribution in [1.82, 2.24) is 25.0 Å².